The molecule has 2 heterocycles. The van der Waals surface area contributed by atoms with Crippen LogP contribution in [0.4, 0.5) is 0 Å². The molecule has 0 saturated heterocycles. The van der Waals surface area contributed by atoms with Gasteiger partial charge in [-0.25, -0.2) is 4.79 Å². The van der Waals surface area contributed by atoms with Crippen LogP contribution < -0.4 is 4.80 Å². The summed E-state index contributed by atoms with van der Waals surface area (Å²) < 4.78 is 12.7. The minimum atomic E-state index is -0.462. The van der Waals surface area contributed by atoms with Crippen molar-refractivity contribution in [3.8, 4) is 0 Å². The van der Waals surface area contributed by atoms with Crippen molar-refractivity contribution in [2.45, 2.75) is 27.3 Å². The Morgan fingerprint density at radius 3 is 2.76 bits per heavy atom. The van der Waals surface area contributed by atoms with Crippen molar-refractivity contribution in [3.05, 3.63) is 46.1 Å². The van der Waals surface area contributed by atoms with E-state index in [0.29, 0.717) is 29.3 Å². The first kappa shape index (κ1) is 17.1. The highest BCUT2D eigenvalue weighted by atomic mass is 32.1. The Morgan fingerprint density at radius 2 is 2.12 bits per heavy atom. The molecule has 3 aromatic rings. The first-order chi connectivity index (χ1) is 12.0. The van der Waals surface area contributed by atoms with Crippen molar-refractivity contribution in [1.29, 1.82) is 0 Å². The molecule has 0 unspecified atom stereocenters. The monoisotopic (exact) mass is 359 g/mol. The summed E-state index contributed by atoms with van der Waals surface area (Å²) in [5.41, 5.74) is 1.55. The Balaban J connectivity index is 2.07. The Kier molecular flexibility index (Phi) is 4.80. The van der Waals surface area contributed by atoms with Gasteiger partial charge in [0.25, 0.3) is 0 Å². The van der Waals surface area contributed by atoms with Crippen molar-refractivity contribution >= 4 is 33.4 Å². The summed E-state index contributed by atoms with van der Waals surface area (Å²) in [6.45, 7) is 6.41. The third-order valence-electron chi connectivity index (χ3n) is 3.55. The van der Waals surface area contributed by atoms with E-state index in [-0.39, 0.29) is 11.7 Å². The van der Waals surface area contributed by atoms with E-state index in [2.05, 4.69) is 10.1 Å². The van der Waals surface area contributed by atoms with Crippen LogP contribution in [0.15, 0.2) is 33.8 Å². The van der Waals surface area contributed by atoms with Crippen molar-refractivity contribution in [2.24, 2.45) is 4.99 Å². The van der Waals surface area contributed by atoms with Crippen molar-refractivity contribution in [3.63, 3.8) is 0 Å². The standard InChI is InChI=1S/C17H17N3O4S/c1-4-20-13-7-6-11(16(22)23-5-2)9-14(13)25-17(20)18-15(21)12-8-10(3)24-19-12/h6-9H,4-5H2,1-3H3. The summed E-state index contributed by atoms with van der Waals surface area (Å²) in [5.74, 6) is -0.276. The number of nitrogens with zero attached hydrogens (tertiary/aromatic N) is 3. The van der Waals surface area contributed by atoms with E-state index in [1.165, 1.54) is 11.3 Å². The predicted octanol–water partition coefficient (Wildman–Crippen LogP) is 2.94. The van der Waals surface area contributed by atoms with Crippen LogP contribution in [-0.4, -0.2) is 28.2 Å². The number of aromatic nitrogens is 2. The molecule has 0 fully saturated rings. The summed E-state index contributed by atoms with van der Waals surface area (Å²) in [5, 5.41) is 3.69. The quantitative estimate of drug-likeness (QED) is 0.669. The molecule has 1 amide bonds. The highest BCUT2D eigenvalue weighted by molar-refractivity contribution is 7.16. The van der Waals surface area contributed by atoms with Gasteiger partial charge in [0.1, 0.15) is 5.76 Å². The predicted molar refractivity (Wildman–Crippen MR) is 92.6 cm³/mol. The third kappa shape index (κ3) is 3.39. The number of hydrogen-bond donors (Lipinski definition) is 0. The molecule has 0 aliphatic carbocycles. The molecule has 0 radical (unpaired) electrons. The molecule has 0 aliphatic rings. The average molecular weight is 359 g/mol. The molecule has 7 nitrogen and oxygen atoms in total. The zero-order valence-electron chi connectivity index (χ0n) is 14.1. The summed E-state index contributed by atoms with van der Waals surface area (Å²) in [4.78, 5) is 28.9. The van der Waals surface area contributed by atoms with Gasteiger partial charge in [-0.15, -0.1) is 0 Å². The number of carbonyl (C=O) groups is 2. The fourth-order valence-electron chi connectivity index (χ4n) is 2.42. The van der Waals surface area contributed by atoms with E-state index in [1.54, 1.807) is 32.0 Å². The third-order valence-corrected chi connectivity index (χ3v) is 4.60. The smallest absolute Gasteiger partial charge is 0.338 e. The second-order valence-electron chi connectivity index (χ2n) is 5.27. The van der Waals surface area contributed by atoms with Gasteiger partial charge in [0, 0.05) is 12.6 Å². The Labute approximate surface area is 147 Å². The lowest BCUT2D eigenvalue weighted by molar-refractivity contribution is 0.0526. The highest BCUT2D eigenvalue weighted by Gasteiger charge is 2.14. The number of aryl methyl sites for hydroxylation is 2. The lowest BCUT2D eigenvalue weighted by atomic mass is 10.2. The van der Waals surface area contributed by atoms with Crippen LogP contribution in [0.25, 0.3) is 10.2 Å². The Hall–Kier alpha value is -2.74. The molecule has 25 heavy (non-hydrogen) atoms. The van der Waals surface area contributed by atoms with Crippen molar-refractivity contribution < 1.29 is 18.8 Å². The molecule has 0 atom stereocenters. The molecular weight excluding hydrogens is 342 g/mol. The lowest BCUT2D eigenvalue weighted by Gasteiger charge is -2.03. The van der Waals surface area contributed by atoms with Gasteiger partial charge >= 0.3 is 11.9 Å². The van der Waals surface area contributed by atoms with Crippen LogP contribution in [0.5, 0.6) is 0 Å². The fourth-order valence-corrected chi connectivity index (χ4v) is 3.55. The number of ether oxygens (including phenoxy) is 1. The minimum Gasteiger partial charge on any atom is -0.462 e. The molecular formula is C17H17N3O4S. The SMILES string of the molecule is CCOC(=O)c1ccc2c(c1)sc(=NC(=O)c1cc(C)on1)n2CC. The largest absolute Gasteiger partial charge is 0.462 e. The molecule has 0 saturated carbocycles. The summed E-state index contributed by atoms with van der Waals surface area (Å²) in [6, 6.07) is 6.86. The highest BCUT2D eigenvalue weighted by Crippen LogP contribution is 2.20. The maximum atomic E-state index is 12.3. The zero-order chi connectivity index (χ0) is 18.0. The van der Waals surface area contributed by atoms with Gasteiger partial charge in [-0.1, -0.05) is 16.5 Å². The molecule has 130 valence electrons. The van der Waals surface area contributed by atoms with E-state index in [1.807, 2.05) is 17.6 Å². The van der Waals surface area contributed by atoms with Crippen LogP contribution >= 0.6 is 11.3 Å². The van der Waals surface area contributed by atoms with Gasteiger partial charge in [-0.2, -0.15) is 4.99 Å². The van der Waals surface area contributed by atoms with Gasteiger partial charge in [0.2, 0.25) is 0 Å². The number of esters is 1. The Morgan fingerprint density at radius 1 is 1.32 bits per heavy atom. The zero-order valence-corrected chi connectivity index (χ0v) is 14.9. The number of fused-ring (bicyclic) bond motifs is 1. The molecule has 1 aromatic carbocycles. The van der Waals surface area contributed by atoms with Gasteiger partial charge < -0.3 is 13.8 Å². The van der Waals surface area contributed by atoms with E-state index < -0.39 is 5.91 Å². The summed E-state index contributed by atoms with van der Waals surface area (Å²) in [7, 11) is 0. The maximum Gasteiger partial charge on any atom is 0.338 e. The van der Waals surface area contributed by atoms with Gasteiger partial charge in [-0.05, 0) is 39.0 Å². The van der Waals surface area contributed by atoms with Crippen LogP contribution in [0.1, 0.15) is 40.5 Å². The van der Waals surface area contributed by atoms with Gasteiger partial charge in [0.15, 0.2) is 10.5 Å². The molecule has 2 aromatic heterocycles. The molecule has 8 heteroatoms. The first-order valence-corrected chi connectivity index (χ1v) is 8.68. The van der Waals surface area contributed by atoms with Gasteiger partial charge in [0.05, 0.1) is 22.4 Å². The minimum absolute atomic E-state index is 0.171. The molecule has 3 rings (SSSR count). The van der Waals surface area contributed by atoms with Gasteiger partial charge in [-0.3, -0.25) is 4.79 Å². The topological polar surface area (TPSA) is 86.7 Å². The fraction of sp³-hybridized carbons (Fsp3) is 0.294. The number of hydrogen-bond acceptors (Lipinski definition) is 6. The number of thiazole rings is 1. The van der Waals surface area contributed by atoms with E-state index in [9.17, 15) is 9.59 Å². The first-order valence-electron chi connectivity index (χ1n) is 7.86. The average Bonchev–Trinajstić information content (AvgIpc) is 3.17. The molecule has 0 spiro atoms. The number of amides is 1. The number of rotatable bonds is 4. The number of benzene rings is 1. The summed E-state index contributed by atoms with van der Waals surface area (Å²) in [6.07, 6.45) is 0. The van der Waals surface area contributed by atoms with E-state index >= 15 is 0 Å². The van der Waals surface area contributed by atoms with Crippen LogP contribution in [-0.2, 0) is 11.3 Å². The van der Waals surface area contributed by atoms with Crippen LogP contribution in [0, 0.1) is 6.92 Å². The molecule has 0 N–H and O–H groups in total. The van der Waals surface area contributed by atoms with Crippen molar-refractivity contribution in [2.75, 3.05) is 6.61 Å². The maximum absolute atomic E-state index is 12.3. The second-order valence-corrected chi connectivity index (χ2v) is 6.28. The summed E-state index contributed by atoms with van der Waals surface area (Å²) >= 11 is 1.34. The lowest BCUT2D eigenvalue weighted by Crippen LogP contribution is -2.16. The van der Waals surface area contributed by atoms with Crippen LogP contribution in [0.2, 0.25) is 0 Å². The Bertz CT molecular complexity index is 1010. The molecule has 0 bridgehead atoms. The molecule has 0 aliphatic heterocycles. The van der Waals surface area contributed by atoms with Crippen LogP contribution in [0.3, 0.4) is 0 Å². The van der Waals surface area contributed by atoms with E-state index in [0.717, 1.165) is 10.2 Å². The second kappa shape index (κ2) is 7.02. The normalized spacial score (nSPS) is 11.9. The van der Waals surface area contributed by atoms with E-state index in [4.69, 9.17) is 9.26 Å². The van der Waals surface area contributed by atoms with Crippen molar-refractivity contribution in [1.82, 2.24) is 9.72 Å². The number of carbonyl (C=O) groups excluding carboxylic acids is 2.